The van der Waals surface area contributed by atoms with Crippen molar-refractivity contribution < 1.29 is 9.72 Å². The maximum atomic E-state index is 12.1. The number of ketones is 1. The van der Waals surface area contributed by atoms with Gasteiger partial charge in [-0.1, -0.05) is 44.6 Å². The lowest BCUT2D eigenvalue weighted by molar-refractivity contribution is -0.566. The molecule has 0 spiro atoms. The molecule has 1 rings (SSSR count). The average Bonchev–Trinajstić information content (AvgIpc) is 2.46. The second-order valence-electron chi connectivity index (χ2n) is 6.98. The third kappa shape index (κ3) is 5.54. The highest BCUT2D eigenvalue weighted by molar-refractivity contribution is 5.96. The van der Waals surface area contributed by atoms with Crippen molar-refractivity contribution >= 4 is 5.78 Å². The molecule has 0 radical (unpaired) electrons. The Morgan fingerprint density at radius 2 is 1.77 bits per heavy atom. The molecule has 0 heterocycles. The Morgan fingerprint density at radius 3 is 2.36 bits per heavy atom. The number of allylic oxidation sites excluding steroid dienone is 1. The van der Waals surface area contributed by atoms with Crippen LogP contribution in [0.3, 0.4) is 0 Å². The smallest absolute Gasteiger partial charge is 0.223 e. The molecular weight excluding hydrogens is 278 g/mol. The van der Waals surface area contributed by atoms with Crippen molar-refractivity contribution in [1.82, 2.24) is 0 Å². The highest BCUT2D eigenvalue weighted by Crippen LogP contribution is 2.32. The summed E-state index contributed by atoms with van der Waals surface area (Å²) in [6.07, 6.45) is 9.98. The van der Waals surface area contributed by atoms with Crippen LogP contribution in [0, 0.1) is 10.1 Å². The van der Waals surface area contributed by atoms with Gasteiger partial charge in [0.25, 0.3) is 0 Å². The molecule has 0 aromatic carbocycles. The molecule has 4 nitrogen and oxygen atoms in total. The van der Waals surface area contributed by atoms with Crippen molar-refractivity contribution in [2.45, 2.75) is 96.9 Å². The molecule has 0 fully saturated rings. The monoisotopic (exact) mass is 309 g/mol. The Kier molecular flexibility index (Phi) is 7.77. The summed E-state index contributed by atoms with van der Waals surface area (Å²) in [6, 6.07) is 0. The van der Waals surface area contributed by atoms with Crippen molar-refractivity contribution in [2.75, 3.05) is 0 Å². The standard InChI is InChI=1S/C18H31NO3/c1-4-5-6-7-8-9-13-18(3,19(21)22)14-16-15(2)11-10-12-17(16)20/h4-14H2,1-3H3. The summed E-state index contributed by atoms with van der Waals surface area (Å²) < 4.78 is 0. The molecule has 0 bridgehead atoms. The van der Waals surface area contributed by atoms with Crippen LogP contribution in [0.1, 0.15) is 91.4 Å². The van der Waals surface area contributed by atoms with E-state index in [-0.39, 0.29) is 10.7 Å². The van der Waals surface area contributed by atoms with Crippen LogP contribution in [0.15, 0.2) is 11.1 Å². The lowest BCUT2D eigenvalue weighted by atomic mass is 9.81. The summed E-state index contributed by atoms with van der Waals surface area (Å²) in [4.78, 5) is 23.5. The summed E-state index contributed by atoms with van der Waals surface area (Å²) in [6.45, 7) is 5.85. The first kappa shape index (κ1) is 18.9. The molecule has 1 aliphatic rings. The Hall–Kier alpha value is -1.19. The number of carbonyl (C=O) groups is 1. The van der Waals surface area contributed by atoms with Gasteiger partial charge in [-0.15, -0.1) is 0 Å². The number of carbonyl (C=O) groups excluding carboxylic acids is 1. The fourth-order valence-corrected chi connectivity index (χ4v) is 3.21. The molecule has 22 heavy (non-hydrogen) atoms. The molecule has 0 aromatic rings. The maximum absolute atomic E-state index is 12.1. The van der Waals surface area contributed by atoms with Crippen molar-refractivity contribution in [1.29, 1.82) is 0 Å². The number of hydrogen-bond acceptors (Lipinski definition) is 3. The Balaban J connectivity index is 2.59. The molecule has 0 N–H and O–H groups in total. The van der Waals surface area contributed by atoms with Gasteiger partial charge in [-0.05, 0) is 26.2 Å². The molecule has 0 amide bonds. The Bertz CT molecular complexity index is 428. The molecule has 0 saturated carbocycles. The minimum absolute atomic E-state index is 0.125. The largest absolute Gasteiger partial charge is 0.295 e. The Labute approximate surface area is 134 Å². The van der Waals surface area contributed by atoms with E-state index in [1.165, 1.54) is 19.3 Å². The first-order valence-electron chi connectivity index (χ1n) is 8.77. The van der Waals surface area contributed by atoms with Crippen LogP contribution in [0.2, 0.25) is 0 Å². The summed E-state index contributed by atoms with van der Waals surface area (Å²) in [5.41, 5.74) is 0.803. The predicted molar refractivity (Wildman–Crippen MR) is 89.6 cm³/mol. The zero-order valence-corrected chi connectivity index (χ0v) is 14.5. The van der Waals surface area contributed by atoms with Crippen LogP contribution in [-0.4, -0.2) is 16.2 Å². The van der Waals surface area contributed by atoms with E-state index in [9.17, 15) is 14.9 Å². The topological polar surface area (TPSA) is 60.2 Å². The van der Waals surface area contributed by atoms with Crippen molar-refractivity contribution in [3.8, 4) is 0 Å². The highest BCUT2D eigenvalue weighted by atomic mass is 16.6. The van der Waals surface area contributed by atoms with E-state index < -0.39 is 5.54 Å². The number of nitrogens with zero attached hydrogens (tertiary/aromatic N) is 1. The molecule has 1 atom stereocenters. The van der Waals surface area contributed by atoms with Gasteiger partial charge in [0.05, 0.1) is 0 Å². The third-order valence-corrected chi connectivity index (χ3v) is 4.87. The Morgan fingerprint density at radius 1 is 1.14 bits per heavy atom. The first-order valence-corrected chi connectivity index (χ1v) is 8.77. The molecule has 0 saturated heterocycles. The van der Waals surface area contributed by atoms with Gasteiger partial charge in [0.15, 0.2) is 5.78 Å². The van der Waals surface area contributed by atoms with Gasteiger partial charge in [0.2, 0.25) is 5.54 Å². The second-order valence-corrected chi connectivity index (χ2v) is 6.98. The number of unbranched alkanes of at least 4 members (excludes halogenated alkanes) is 5. The van der Waals surface area contributed by atoms with Crippen LogP contribution in [0.5, 0.6) is 0 Å². The summed E-state index contributed by atoms with van der Waals surface area (Å²) in [7, 11) is 0. The van der Waals surface area contributed by atoms with Crippen molar-refractivity contribution in [2.24, 2.45) is 0 Å². The zero-order chi connectivity index (χ0) is 16.6. The van der Waals surface area contributed by atoms with E-state index in [2.05, 4.69) is 6.92 Å². The molecular formula is C18H31NO3. The summed E-state index contributed by atoms with van der Waals surface area (Å²) in [5.74, 6) is 0.125. The molecule has 0 aliphatic heterocycles. The van der Waals surface area contributed by atoms with Crippen LogP contribution in [0.4, 0.5) is 0 Å². The van der Waals surface area contributed by atoms with Gasteiger partial charge in [-0.25, -0.2) is 0 Å². The lowest BCUT2D eigenvalue weighted by Crippen LogP contribution is -2.37. The normalized spacial score (nSPS) is 18.4. The van der Waals surface area contributed by atoms with Gasteiger partial charge in [0.1, 0.15) is 0 Å². The van der Waals surface area contributed by atoms with E-state index in [4.69, 9.17) is 0 Å². The third-order valence-electron chi connectivity index (χ3n) is 4.87. The quantitative estimate of drug-likeness (QED) is 0.315. The van der Waals surface area contributed by atoms with E-state index in [0.717, 1.165) is 43.3 Å². The minimum Gasteiger partial charge on any atom is -0.295 e. The number of nitro groups is 1. The molecule has 126 valence electrons. The van der Waals surface area contributed by atoms with Crippen LogP contribution in [0.25, 0.3) is 0 Å². The molecule has 1 aliphatic carbocycles. The molecule has 1 unspecified atom stereocenters. The van der Waals surface area contributed by atoms with Crippen LogP contribution < -0.4 is 0 Å². The predicted octanol–water partition coefficient (Wildman–Crippen LogP) is 5.23. The molecule has 0 aromatic heterocycles. The van der Waals surface area contributed by atoms with Gasteiger partial charge >= 0.3 is 0 Å². The van der Waals surface area contributed by atoms with Crippen molar-refractivity contribution in [3.63, 3.8) is 0 Å². The number of rotatable bonds is 10. The minimum atomic E-state index is -0.992. The maximum Gasteiger partial charge on any atom is 0.223 e. The zero-order valence-electron chi connectivity index (χ0n) is 14.5. The van der Waals surface area contributed by atoms with Crippen LogP contribution >= 0.6 is 0 Å². The van der Waals surface area contributed by atoms with Crippen LogP contribution in [-0.2, 0) is 4.79 Å². The lowest BCUT2D eigenvalue weighted by Gasteiger charge is -2.25. The fourth-order valence-electron chi connectivity index (χ4n) is 3.21. The van der Waals surface area contributed by atoms with Gasteiger partial charge < -0.3 is 0 Å². The SMILES string of the molecule is CCCCCCCCC(C)(CC1=C(C)CCCC1=O)[N+](=O)[O-]. The van der Waals surface area contributed by atoms with E-state index in [0.29, 0.717) is 19.3 Å². The average molecular weight is 309 g/mol. The van der Waals surface area contributed by atoms with Gasteiger partial charge in [-0.2, -0.15) is 0 Å². The van der Waals surface area contributed by atoms with E-state index in [1.807, 2.05) is 6.92 Å². The van der Waals surface area contributed by atoms with E-state index >= 15 is 0 Å². The van der Waals surface area contributed by atoms with Crippen molar-refractivity contribution in [3.05, 3.63) is 21.3 Å². The highest BCUT2D eigenvalue weighted by Gasteiger charge is 2.39. The van der Waals surface area contributed by atoms with E-state index in [1.54, 1.807) is 6.92 Å². The van der Waals surface area contributed by atoms with Gasteiger partial charge in [-0.3, -0.25) is 14.9 Å². The number of hydrogen-bond donors (Lipinski definition) is 0. The second kappa shape index (κ2) is 9.06. The number of Topliss-reactive ketones (excluding diaryl/α,β-unsaturated/α-hetero) is 1. The fraction of sp³-hybridized carbons (Fsp3) is 0.833. The summed E-state index contributed by atoms with van der Waals surface area (Å²) >= 11 is 0. The summed E-state index contributed by atoms with van der Waals surface area (Å²) in [5, 5.41) is 11.5. The van der Waals surface area contributed by atoms with Gasteiger partial charge in [0, 0.05) is 36.7 Å². The first-order chi connectivity index (χ1) is 10.4. The molecule has 4 heteroatoms.